The minimum Gasteiger partial charge on any atom is -0.444 e. The highest BCUT2D eigenvalue weighted by molar-refractivity contribution is 6.10. The van der Waals surface area contributed by atoms with Gasteiger partial charge in [-0.25, -0.2) is 9.78 Å². The van der Waals surface area contributed by atoms with Gasteiger partial charge in [0.05, 0.1) is 5.52 Å². The van der Waals surface area contributed by atoms with Gasteiger partial charge in [-0.3, -0.25) is 19.8 Å². The number of hydrogen-bond acceptors (Lipinski definition) is 6. The summed E-state index contributed by atoms with van der Waals surface area (Å²) in [7, 11) is 1.82. The number of pyridine rings is 1. The van der Waals surface area contributed by atoms with Crippen molar-refractivity contribution in [3.63, 3.8) is 0 Å². The van der Waals surface area contributed by atoms with Crippen molar-refractivity contribution in [1.82, 2.24) is 24.7 Å². The average Bonchev–Trinajstić information content (AvgIpc) is 3.18. The van der Waals surface area contributed by atoms with E-state index in [2.05, 4.69) is 22.3 Å². The molecule has 1 aromatic carbocycles. The summed E-state index contributed by atoms with van der Waals surface area (Å²) < 4.78 is 7.55. The van der Waals surface area contributed by atoms with Gasteiger partial charge in [0.25, 0.3) is 0 Å². The maximum absolute atomic E-state index is 12.8. The van der Waals surface area contributed by atoms with Crippen molar-refractivity contribution in [3.05, 3.63) is 42.1 Å². The van der Waals surface area contributed by atoms with Crippen molar-refractivity contribution < 1.29 is 19.1 Å². The Morgan fingerprint density at radius 2 is 1.86 bits per heavy atom. The number of carbonyl (C=O) groups is 3. The number of para-hydroxylation sites is 1. The van der Waals surface area contributed by atoms with Gasteiger partial charge in [0, 0.05) is 56.1 Å². The van der Waals surface area contributed by atoms with Gasteiger partial charge in [-0.1, -0.05) is 18.2 Å². The Labute approximate surface area is 216 Å². The van der Waals surface area contributed by atoms with Crippen molar-refractivity contribution in [2.45, 2.75) is 70.7 Å². The molecule has 5 rings (SSSR count). The van der Waals surface area contributed by atoms with E-state index < -0.39 is 11.6 Å². The molecule has 0 radical (unpaired) electrons. The van der Waals surface area contributed by atoms with E-state index in [1.54, 1.807) is 4.90 Å². The van der Waals surface area contributed by atoms with Gasteiger partial charge in [0.15, 0.2) is 0 Å². The molecule has 2 aromatic heterocycles. The van der Waals surface area contributed by atoms with Gasteiger partial charge < -0.3 is 14.2 Å². The van der Waals surface area contributed by atoms with Crippen LogP contribution >= 0.6 is 0 Å². The molecular formula is C28H35N5O4. The van der Waals surface area contributed by atoms with Gasteiger partial charge in [0.1, 0.15) is 17.3 Å². The molecule has 1 unspecified atom stereocenters. The molecule has 4 heterocycles. The van der Waals surface area contributed by atoms with Crippen molar-refractivity contribution in [2.24, 2.45) is 0 Å². The molecule has 3 amide bonds. The highest BCUT2D eigenvalue weighted by Gasteiger charge is 2.32. The summed E-state index contributed by atoms with van der Waals surface area (Å²) in [4.78, 5) is 45.9. The Morgan fingerprint density at radius 1 is 1.14 bits per heavy atom. The van der Waals surface area contributed by atoms with Gasteiger partial charge >= 0.3 is 6.09 Å². The van der Waals surface area contributed by atoms with Gasteiger partial charge in [-0.2, -0.15) is 0 Å². The van der Waals surface area contributed by atoms with Gasteiger partial charge in [0.2, 0.25) is 11.8 Å². The lowest BCUT2D eigenvalue weighted by Crippen LogP contribution is -2.46. The second-order valence-electron chi connectivity index (χ2n) is 11.1. The predicted molar refractivity (Wildman–Crippen MR) is 141 cm³/mol. The smallest absolute Gasteiger partial charge is 0.410 e. The Hall–Kier alpha value is -3.46. The quantitative estimate of drug-likeness (QED) is 0.539. The van der Waals surface area contributed by atoms with Crippen molar-refractivity contribution in [3.8, 4) is 0 Å². The number of rotatable bonds is 4. The van der Waals surface area contributed by atoms with E-state index in [0.29, 0.717) is 12.8 Å². The summed E-state index contributed by atoms with van der Waals surface area (Å²) in [6.45, 7) is 8.14. The highest BCUT2D eigenvalue weighted by Crippen LogP contribution is 2.35. The summed E-state index contributed by atoms with van der Waals surface area (Å²) in [6.07, 6.45) is 4.06. The average molecular weight is 506 g/mol. The van der Waals surface area contributed by atoms with Crippen molar-refractivity contribution in [1.29, 1.82) is 0 Å². The first-order valence-electron chi connectivity index (χ1n) is 13.0. The lowest BCUT2D eigenvalue weighted by Gasteiger charge is -2.37. The van der Waals surface area contributed by atoms with E-state index in [-0.39, 0.29) is 23.9 Å². The van der Waals surface area contributed by atoms with Gasteiger partial charge in [-0.15, -0.1) is 0 Å². The number of ether oxygens (including phenoxy) is 1. The molecule has 3 aromatic rings. The molecular weight excluding hydrogens is 470 g/mol. The molecule has 1 N–H and O–H groups in total. The first-order valence-corrected chi connectivity index (χ1v) is 13.0. The lowest BCUT2D eigenvalue weighted by atomic mass is 10.0. The number of nitrogens with zero attached hydrogens (tertiary/aromatic N) is 4. The molecule has 37 heavy (non-hydrogen) atoms. The number of amides is 3. The zero-order valence-corrected chi connectivity index (χ0v) is 22.0. The van der Waals surface area contributed by atoms with E-state index in [0.717, 1.165) is 60.0 Å². The number of piperidine rings is 2. The van der Waals surface area contributed by atoms with Crippen LogP contribution in [0.4, 0.5) is 4.79 Å². The highest BCUT2D eigenvalue weighted by atomic mass is 16.6. The minimum absolute atomic E-state index is 0.151. The number of imide groups is 1. The van der Waals surface area contributed by atoms with Crippen molar-refractivity contribution >= 4 is 39.8 Å². The van der Waals surface area contributed by atoms with E-state index in [4.69, 9.17) is 9.72 Å². The molecule has 2 saturated heterocycles. The number of likely N-dealkylation sites (tertiary alicyclic amines) is 1. The number of hydrogen-bond donors (Lipinski definition) is 1. The van der Waals surface area contributed by atoms with Gasteiger partial charge in [-0.05, 0) is 57.7 Å². The fourth-order valence-electron chi connectivity index (χ4n) is 5.54. The molecule has 2 fully saturated rings. The molecule has 1 atom stereocenters. The van der Waals surface area contributed by atoms with Crippen LogP contribution in [-0.2, 0) is 20.9 Å². The van der Waals surface area contributed by atoms with E-state index in [1.807, 2.05) is 56.8 Å². The fraction of sp³-hybridized carbons (Fsp3) is 0.500. The van der Waals surface area contributed by atoms with Crippen molar-refractivity contribution in [2.75, 3.05) is 20.1 Å². The fourth-order valence-corrected chi connectivity index (χ4v) is 5.54. The number of fused-ring (bicyclic) bond motifs is 3. The summed E-state index contributed by atoms with van der Waals surface area (Å²) in [5.74, 6) is -0.501. The summed E-state index contributed by atoms with van der Waals surface area (Å²) in [5, 5.41) is 4.60. The van der Waals surface area contributed by atoms with Crippen LogP contribution in [0.25, 0.3) is 21.9 Å². The molecule has 196 valence electrons. The third-order valence-electron chi connectivity index (χ3n) is 7.38. The number of benzene rings is 1. The Kier molecular flexibility index (Phi) is 6.66. The van der Waals surface area contributed by atoms with Crippen LogP contribution in [0.2, 0.25) is 0 Å². The second-order valence-corrected chi connectivity index (χ2v) is 11.1. The third kappa shape index (κ3) is 5.05. The number of nitrogens with one attached hydrogen (secondary N) is 1. The predicted octanol–water partition coefficient (Wildman–Crippen LogP) is 4.00. The minimum atomic E-state index is -0.508. The summed E-state index contributed by atoms with van der Waals surface area (Å²) in [6, 6.07) is 9.80. The zero-order chi connectivity index (χ0) is 26.3. The van der Waals surface area contributed by atoms with E-state index in [9.17, 15) is 14.4 Å². The number of aromatic nitrogens is 2. The largest absolute Gasteiger partial charge is 0.444 e. The Morgan fingerprint density at radius 3 is 2.57 bits per heavy atom. The van der Waals surface area contributed by atoms with Crippen LogP contribution < -0.4 is 5.32 Å². The molecule has 0 saturated carbocycles. The van der Waals surface area contributed by atoms with Crippen LogP contribution in [0.3, 0.4) is 0 Å². The summed E-state index contributed by atoms with van der Waals surface area (Å²) in [5.41, 5.74) is 2.37. The molecule has 2 aliphatic heterocycles. The third-order valence-corrected chi connectivity index (χ3v) is 7.38. The Balaban J connectivity index is 1.38. The second kappa shape index (κ2) is 9.78. The maximum atomic E-state index is 12.8. The van der Waals surface area contributed by atoms with Crippen LogP contribution in [0.5, 0.6) is 0 Å². The standard InChI is InChI=1S/C28H35N5O4/c1-28(2,3)37-27(36)31(4)19-12-15-32(16-13-19)17-18-11-14-29-25-24(18)20-7-5-6-8-21(20)33(25)22-9-10-23(34)30-26(22)35/h5-8,11,14,19,22H,9-10,12-13,15-17H2,1-4H3,(H,30,34,35). The normalized spacial score (nSPS) is 19.8. The first kappa shape index (κ1) is 25.2. The monoisotopic (exact) mass is 505 g/mol. The number of carbonyl (C=O) groups excluding carboxylic acids is 3. The molecule has 0 aliphatic carbocycles. The van der Waals surface area contributed by atoms with Crippen LogP contribution in [0.15, 0.2) is 36.5 Å². The van der Waals surface area contributed by atoms with Crippen LogP contribution in [-0.4, -0.2) is 69.0 Å². The van der Waals surface area contributed by atoms with E-state index in [1.165, 1.54) is 0 Å². The molecule has 9 heteroatoms. The topological polar surface area (TPSA) is 96.8 Å². The SMILES string of the molecule is CN(C(=O)OC(C)(C)C)C1CCN(Cc2ccnc3c2c2ccccc2n3C2CCC(=O)NC2=O)CC1. The molecule has 0 bridgehead atoms. The van der Waals surface area contributed by atoms with E-state index >= 15 is 0 Å². The zero-order valence-electron chi connectivity index (χ0n) is 22.0. The van der Waals surface area contributed by atoms with Crippen LogP contribution in [0.1, 0.15) is 58.1 Å². The first-order chi connectivity index (χ1) is 17.6. The maximum Gasteiger partial charge on any atom is 0.410 e. The Bertz CT molecular complexity index is 1350. The lowest BCUT2D eigenvalue weighted by molar-refractivity contribution is -0.135. The summed E-state index contributed by atoms with van der Waals surface area (Å²) >= 11 is 0. The molecule has 9 nitrogen and oxygen atoms in total. The molecule has 2 aliphatic rings. The molecule has 0 spiro atoms. The van der Waals surface area contributed by atoms with Crippen LogP contribution in [0, 0.1) is 0 Å².